The van der Waals surface area contributed by atoms with Gasteiger partial charge in [0.05, 0.1) is 18.7 Å². The first-order valence-electron chi connectivity index (χ1n) is 5.49. The molecule has 0 unspecified atom stereocenters. The standard InChI is InChI=1S/C14H13N3/c15-9-8-12-5-1-2-6-13(12)11-17-10-4-3-7-14(17)16/h1-7,10,16H,8,11H2/p+1. The van der Waals surface area contributed by atoms with Crippen LogP contribution in [0.15, 0.2) is 48.7 Å². The van der Waals surface area contributed by atoms with E-state index >= 15 is 0 Å². The summed E-state index contributed by atoms with van der Waals surface area (Å²) in [6.45, 7) is 0.699. The van der Waals surface area contributed by atoms with Gasteiger partial charge in [-0.2, -0.15) is 5.26 Å². The first kappa shape index (κ1) is 11.2. The van der Waals surface area contributed by atoms with Gasteiger partial charge in [-0.25, -0.2) is 4.57 Å². The normalized spacial score (nSPS) is 9.82. The van der Waals surface area contributed by atoms with Gasteiger partial charge in [0.25, 0.3) is 5.82 Å². The van der Waals surface area contributed by atoms with Gasteiger partial charge in [0.1, 0.15) is 6.54 Å². The number of rotatable bonds is 3. The number of nitrogen functional groups attached to an aromatic ring is 1. The number of aromatic nitrogens is 1. The van der Waals surface area contributed by atoms with E-state index in [1.165, 1.54) is 0 Å². The fraction of sp³-hybridized carbons (Fsp3) is 0.143. The second-order valence-corrected chi connectivity index (χ2v) is 3.86. The number of benzene rings is 1. The topological polar surface area (TPSA) is 53.7 Å². The van der Waals surface area contributed by atoms with Crippen LogP contribution >= 0.6 is 0 Å². The van der Waals surface area contributed by atoms with Crippen molar-refractivity contribution in [3.05, 3.63) is 59.8 Å². The highest BCUT2D eigenvalue weighted by atomic mass is 15.0. The van der Waals surface area contributed by atoms with Crippen LogP contribution in [0.25, 0.3) is 0 Å². The Balaban J connectivity index is 2.31. The molecule has 0 saturated heterocycles. The Morgan fingerprint density at radius 1 is 1.06 bits per heavy atom. The molecule has 17 heavy (non-hydrogen) atoms. The fourth-order valence-corrected chi connectivity index (χ4v) is 1.79. The van der Waals surface area contributed by atoms with Gasteiger partial charge in [0.15, 0.2) is 0 Å². The Morgan fingerprint density at radius 2 is 1.76 bits per heavy atom. The van der Waals surface area contributed by atoms with Gasteiger partial charge in [0, 0.05) is 6.07 Å². The maximum Gasteiger partial charge on any atom is 0.272 e. The van der Waals surface area contributed by atoms with Crippen molar-refractivity contribution in [2.75, 3.05) is 5.73 Å². The molecule has 1 aromatic heterocycles. The van der Waals surface area contributed by atoms with Gasteiger partial charge in [-0.15, -0.1) is 0 Å². The van der Waals surface area contributed by atoms with Crippen molar-refractivity contribution in [1.82, 2.24) is 0 Å². The molecule has 1 heterocycles. The molecule has 2 aromatic rings. The Bertz CT molecular complexity index is 555. The van der Waals surface area contributed by atoms with Crippen LogP contribution in [0, 0.1) is 11.3 Å². The van der Waals surface area contributed by atoms with E-state index in [2.05, 4.69) is 6.07 Å². The van der Waals surface area contributed by atoms with E-state index < -0.39 is 0 Å². The number of nitriles is 1. The molecule has 3 nitrogen and oxygen atoms in total. The number of nitrogens with zero attached hydrogens (tertiary/aromatic N) is 2. The predicted molar refractivity (Wildman–Crippen MR) is 65.9 cm³/mol. The number of nitrogens with two attached hydrogens (primary N) is 1. The van der Waals surface area contributed by atoms with Crippen molar-refractivity contribution in [3.63, 3.8) is 0 Å². The lowest BCUT2D eigenvalue weighted by Crippen LogP contribution is -2.37. The summed E-state index contributed by atoms with van der Waals surface area (Å²) < 4.78 is 1.97. The highest BCUT2D eigenvalue weighted by Gasteiger charge is 2.07. The first-order chi connectivity index (χ1) is 8.31. The van der Waals surface area contributed by atoms with Crippen LogP contribution in [0.2, 0.25) is 0 Å². The van der Waals surface area contributed by atoms with E-state index in [1.807, 2.05) is 53.2 Å². The largest absolute Gasteiger partial charge is 0.287 e. The van der Waals surface area contributed by atoms with Crippen molar-refractivity contribution >= 4 is 5.82 Å². The second kappa shape index (κ2) is 5.13. The zero-order valence-electron chi connectivity index (χ0n) is 9.50. The smallest absolute Gasteiger partial charge is 0.272 e. The minimum atomic E-state index is 0.434. The molecule has 0 radical (unpaired) electrons. The summed E-state index contributed by atoms with van der Waals surface area (Å²) in [5.41, 5.74) is 8.09. The molecule has 3 heteroatoms. The Hall–Kier alpha value is -2.34. The molecule has 0 aliphatic rings. The van der Waals surface area contributed by atoms with E-state index in [0.717, 1.165) is 16.9 Å². The van der Waals surface area contributed by atoms with Crippen molar-refractivity contribution in [1.29, 1.82) is 5.26 Å². The SMILES string of the molecule is N#CCc1ccccc1C[n+]1ccccc1N. The van der Waals surface area contributed by atoms with E-state index in [-0.39, 0.29) is 0 Å². The molecule has 0 atom stereocenters. The van der Waals surface area contributed by atoms with Crippen molar-refractivity contribution in [3.8, 4) is 6.07 Å². The van der Waals surface area contributed by atoms with Crippen molar-refractivity contribution in [2.24, 2.45) is 0 Å². The van der Waals surface area contributed by atoms with Crippen LogP contribution in [-0.2, 0) is 13.0 Å². The monoisotopic (exact) mass is 224 g/mol. The highest BCUT2D eigenvalue weighted by Crippen LogP contribution is 2.09. The Kier molecular flexibility index (Phi) is 3.37. The maximum atomic E-state index is 8.78. The molecule has 2 rings (SSSR count). The third-order valence-electron chi connectivity index (χ3n) is 2.70. The minimum Gasteiger partial charge on any atom is -0.287 e. The first-order valence-corrected chi connectivity index (χ1v) is 5.49. The van der Waals surface area contributed by atoms with Crippen LogP contribution < -0.4 is 10.3 Å². The average molecular weight is 224 g/mol. The van der Waals surface area contributed by atoms with Gasteiger partial charge in [-0.3, -0.25) is 5.73 Å². The molecule has 2 N–H and O–H groups in total. The summed E-state index contributed by atoms with van der Waals surface area (Å²) in [6, 6.07) is 15.9. The number of pyridine rings is 1. The minimum absolute atomic E-state index is 0.434. The second-order valence-electron chi connectivity index (χ2n) is 3.86. The summed E-state index contributed by atoms with van der Waals surface area (Å²) in [4.78, 5) is 0. The van der Waals surface area contributed by atoms with E-state index in [1.54, 1.807) is 0 Å². The van der Waals surface area contributed by atoms with Crippen LogP contribution in [0.1, 0.15) is 11.1 Å². The number of hydrogen-bond donors (Lipinski definition) is 1. The highest BCUT2D eigenvalue weighted by molar-refractivity contribution is 5.29. The average Bonchev–Trinajstić information content (AvgIpc) is 2.35. The predicted octanol–water partition coefficient (Wildman–Crippen LogP) is 1.67. The van der Waals surface area contributed by atoms with Crippen LogP contribution in [0.4, 0.5) is 5.82 Å². The summed E-state index contributed by atoms with van der Waals surface area (Å²) >= 11 is 0. The summed E-state index contributed by atoms with van der Waals surface area (Å²) in [7, 11) is 0. The van der Waals surface area contributed by atoms with Crippen LogP contribution in [0.3, 0.4) is 0 Å². The van der Waals surface area contributed by atoms with Crippen LogP contribution in [0.5, 0.6) is 0 Å². The van der Waals surface area contributed by atoms with Gasteiger partial charge in [-0.1, -0.05) is 30.3 Å². The third kappa shape index (κ3) is 2.61. The Labute approximate surface area is 101 Å². The molecule has 0 bridgehead atoms. The van der Waals surface area contributed by atoms with E-state index in [4.69, 9.17) is 11.0 Å². The zero-order valence-corrected chi connectivity index (χ0v) is 9.50. The van der Waals surface area contributed by atoms with Crippen molar-refractivity contribution in [2.45, 2.75) is 13.0 Å². The maximum absolute atomic E-state index is 8.78. The molecular formula is C14H14N3+. The van der Waals surface area contributed by atoms with E-state index in [0.29, 0.717) is 13.0 Å². The summed E-state index contributed by atoms with van der Waals surface area (Å²) in [6.07, 6.45) is 2.38. The van der Waals surface area contributed by atoms with Gasteiger partial charge >= 0.3 is 0 Å². The molecule has 0 amide bonds. The van der Waals surface area contributed by atoms with Crippen molar-refractivity contribution < 1.29 is 4.57 Å². The molecule has 1 aromatic carbocycles. The third-order valence-corrected chi connectivity index (χ3v) is 2.70. The molecule has 0 spiro atoms. The number of hydrogen-bond acceptors (Lipinski definition) is 2. The lowest BCUT2D eigenvalue weighted by Gasteiger charge is -2.06. The molecule has 84 valence electrons. The molecule has 0 aliphatic carbocycles. The zero-order chi connectivity index (χ0) is 12.1. The summed E-state index contributed by atoms with van der Waals surface area (Å²) in [5, 5.41) is 8.78. The van der Waals surface area contributed by atoms with Crippen LogP contribution in [-0.4, -0.2) is 0 Å². The number of anilines is 1. The lowest BCUT2D eigenvalue weighted by molar-refractivity contribution is -0.674. The van der Waals surface area contributed by atoms with E-state index in [9.17, 15) is 0 Å². The van der Waals surface area contributed by atoms with Gasteiger partial charge in [0.2, 0.25) is 0 Å². The summed E-state index contributed by atoms with van der Waals surface area (Å²) in [5.74, 6) is 0.722. The molecule has 0 fully saturated rings. The molecule has 0 aliphatic heterocycles. The lowest BCUT2D eigenvalue weighted by atomic mass is 10.1. The van der Waals surface area contributed by atoms with Gasteiger partial charge < -0.3 is 0 Å². The molecule has 0 saturated carbocycles. The van der Waals surface area contributed by atoms with Gasteiger partial charge in [-0.05, 0) is 17.2 Å². The molecular weight excluding hydrogens is 210 g/mol. The Morgan fingerprint density at radius 3 is 2.47 bits per heavy atom. The quantitative estimate of drug-likeness (QED) is 0.806. The fourth-order valence-electron chi connectivity index (χ4n) is 1.79.